The van der Waals surface area contributed by atoms with E-state index < -0.39 is 31.1 Å². The quantitative estimate of drug-likeness (QED) is 0.109. The molecule has 15 heteroatoms. The van der Waals surface area contributed by atoms with Crippen molar-refractivity contribution in [2.45, 2.75) is 115 Å². The molecule has 1 atom stereocenters. The molecule has 1 heterocycles. The highest BCUT2D eigenvalue weighted by atomic mass is 32.3. The van der Waals surface area contributed by atoms with Crippen molar-refractivity contribution in [1.29, 1.82) is 0 Å². The minimum atomic E-state index is -6.72. The summed E-state index contributed by atoms with van der Waals surface area (Å²) in [5, 5.41) is 1.66. The van der Waals surface area contributed by atoms with Crippen molar-refractivity contribution >= 4 is 36.9 Å². The molecule has 0 saturated heterocycles. The number of alkyl halides is 6. The highest BCUT2D eigenvalue weighted by Gasteiger charge is 2.47. The fraction of sp³-hybridized carbons (Fsp3) is 0.955. The van der Waals surface area contributed by atoms with Gasteiger partial charge in [0.05, 0.1) is 5.75 Å². The fourth-order valence-electron chi connectivity index (χ4n) is 3.65. The van der Waals surface area contributed by atoms with E-state index in [0.717, 1.165) is 10.2 Å². The molecule has 1 rings (SSSR count). The molecule has 0 N–H and O–H groups in total. The van der Waals surface area contributed by atoms with Gasteiger partial charge >= 0.3 is 11.0 Å². The van der Waals surface area contributed by atoms with Crippen LogP contribution in [-0.4, -0.2) is 55.8 Å². The average molecular weight is 607 g/mol. The molecule has 1 aliphatic rings. The first-order chi connectivity index (χ1) is 16.9. The maximum absolute atomic E-state index is 11.4. The molecular formula is C22H40F6N2O4S3. The van der Waals surface area contributed by atoms with Crippen LogP contribution in [0.25, 0.3) is 4.13 Å². The molecule has 0 fully saturated rings. The summed E-state index contributed by atoms with van der Waals surface area (Å²) in [5.41, 5.74) is -12.4. The molecule has 6 nitrogen and oxygen atoms in total. The second-order valence-corrected chi connectivity index (χ2v) is 13.6. The van der Waals surface area contributed by atoms with Crippen LogP contribution < -0.4 is 0 Å². The minimum absolute atomic E-state index is 0.713. The first kappa shape index (κ1) is 36.5. The highest BCUT2D eigenvalue weighted by Crippen LogP contribution is 2.36. The standard InChI is InChI=1S/C20H40NS.C2F6NO4S2/c1-5-7-8-9-10-11-12-13-14-15-16-21-19(6-2)17-22-20(21)18(3)4;3-1(4,5)14(10,11)9-15(12,13)2(6,7)8/h18-19H,5-17H2,1-4H3;/q+1;-1/t19-;/m1./s1. The van der Waals surface area contributed by atoms with Crippen LogP contribution in [0.4, 0.5) is 26.3 Å². The van der Waals surface area contributed by atoms with Crippen LogP contribution in [0.15, 0.2) is 0 Å². The number of hydrogen-bond donors (Lipinski definition) is 0. The summed E-state index contributed by atoms with van der Waals surface area (Å²) in [5.74, 6) is 2.03. The largest absolute Gasteiger partial charge is 0.480 e. The summed E-state index contributed by atoms with van der Waals surface area (Å²) in [6.07, 6.45) is 15.7. The summed E-state index contributed by atoms with van der Waals surface area (Å²) in [4.78, 5) is 0. The number of rotatable bonds is 15. The van der Waals surface area contributed by atoms with Crippen LogP contribution in [0.5, 0.6) is 0 Å². The molecule has 222 valence electrons. The molecule has 0 spiro atoms. The van der Waals surface area contributed by atoms with Crippen molar-refractivity contribution in [2.24, 2.45) is 5.92 Å². The second-order valence-electron chi connectivity index (χ2n) is 9.16. The summed E-state index contributed by atoms with van der Waals surface area (Å²) >= 11 is 2.12. The van der Waals surface area contributed by atoms with E-state index >= 15 is 0 Å². The van der Waals surface area contributed by atoms with Crippen molar-refractivity contribution < 1.29 is 47.8 Å². The molecule has 0 aromatic heterocycles. The van der Waals surface area contributed by atoms with Crippen molar-refractivity contribution in [2.75, 3.05) is 12.3 Å². The van der Waals surface area contributed by atoms with Crippen molar-refractivity contribution in [3.63, 3.8) is 0 Å². The average Bonchev–Trinajstić information content (AvgIpc) is 3.16. The Morgan fingerprint density at radius 1 is 0.811 bits per heavy atom. The van der Waals surface area contributed by atoms with E-state index in [2.05, 4.69) is 44.0 Å². The van der Waals surface area contributed by atoms with Crippen LogP contribution in [-0.2, 0) is 20.0 Å². The third kappa shape index (κ3) is 13.4. The Morgan fingerprint density at radius 2 is 1.22 bits per heavy atom. The molecular weight excluding hydrogens is 566 g/mol. The molecule has 0 aromatic carbocycles. The first-order valence-corrected chi connectivity index (χ1v) is 16.4. The van der Waals surface area contributed by atoms with Gasteiger partial charge in [-0.1, -0.05) is 90.8 Å². The zero-order chi connectivity index (χ0) is 28.9. The topological polar surface area (TPSA) is 85.4 Å². The predicted molar refractivity (Wildman–Crippen MR) is 137 cm³/mol. The molecule has 0 bridgehead atoms. The minimum Gasteiger partial charge on any atom is -0.421 e. The number of nitrogens with zero attached hydrogens (tertiary/aromatic N) is 2. The molecule has 0 saturated carbocycles. The maximum atomic E-state index is 11.4. The van der Waals surface area contributed by atoms with Gasteiger partial charge in [-0.25, -0.2) is 21.4 Å². The van der Waals surface area contributed by atoms with E-state index in [-0.39, 0.29) is 0 Å². The Balaban J connectivity index is 0.000000757. The van der Waals surface area contributed by atoms with E-state index in [9.17, 15) is 43.2 Å². The van der Waals surface area contributed by atoms with Gasteiger partial charge in [-0.05, 0) is 6.42 Å². The number of thioether (sulfide) groups is 1. The van der Waals surface area contributed by atoms with Crippen LogP contribution >= 0.6 is 11.8 Å². The summed E-state index contributed by atoms with van der Waals surface area (Å²) in [6.45, 7) is 10.7. The number of sulfonamides is 2. The van der Waals surface area contributed by atoms with E-state index in [4.69, 9.17) is 0 Å². The number of hydrogen-bond acceptors (Lipinski definition) is 5. The van der Waals surface area contributed by atoms with Gasteiger partial charge < -0.3 is 4.13 Å². The number of halogens is 6. The normalized spacial score (nSPS) is 17.3. The third-order valence-electron chi connectivity index (χ3n) is 5.65. The van der Waals surface area contributed by atoms with Gasteiger partial charge in [-0.15, -0.1) is 0 Å². The summed E-state index contributed by atoms with van der Waals surface area (Å²) < 4.78 is 112. The zero-order valence-electron chi connectivity index (χ0n) is 21.9. The maximum Gasteiger partial charge on any atom is 0.480 e. The van der Waals surface area contributed by atoms with Crippen LogP contribution in [0.1, 0.15) is 98.3 Å². The van der Waals surface area contributed by atoms with Gasteiger partial charge in [-0.2, -0.15) is 26.3 Å². The van der Waals surface area contributed by atoms with Crippen LogP contribution in [0, 0.1) is 5.92 Å². The first-order valence-electron chi connectivity index (χ1n) is 12.5. The van der Waals surface area contributed by atoms with E-state index in [0.29, 0.717) is 5.92 Å². The second kappa shape index (κ2) is 16.5. The van der Waals surface area contributed by atoms with E-state index in [1.54, 1.807) is 5.04 Å². The summed E-state index contributed by atoms with van der Waals surface area (Å²) in [6, 6.07) is 0.806. The molecule has 0 amide bonds. The molecule has 0 unspecified atom stereocenters. The number of unbranched alkanes of at least 4 members (excludes halogenated alkanes) is 9. The lowest BCUT2D eigenvalue weighted by molar-refractivity contribution is -0.558. The third-order valence-corrected chi connectivity index (χ3v) is 9.94. The Morgan fingerprint density at radius 3 is 1.57 bits per heavy atom. The van der Waals surface area contributed by atoms with Crippen LogP contribution in [0.2, 0.25) is 0 Å². The lowest BCUT2D eigenvalue weighted by Gasteiger charge is -2.22. The molecule has 1 aliphatic heterocycles. The Kier molecular flexibility index (Phi) is 16.3. The van der Waals surface area contributed by atoms with Gasteiger partial charge in [0, 0.05) is 18.8 Å². The lowest BCUT2D eigenvalue weighted by Crippen LogP contribution is -2.30. The van der Waals surface area contributed by atoms with Gasteiger partial charge in [-0.3, -0.25) is 0 Å². The lowest BCUT2D eigenvalue weighted by atomic mass is 10.1. The molecule has 0 radical (unpaired) electrons. The SMILES string of the molecule is CCCCCCCCCCCC[N+]1=C(C(C)C)SC[C@H]1CC.O=S(=O)([N-]S(=O)(=O)C(F)(F)F)C(F)(F)F. The molecule has 0 aliphatic carbocycles. The Labute approximate surface area is 222 Å². The van der Waals surface area contributed by atoms with E-state index in [1.165, 1.54) is 82.9 Å². The van der Waals surface area contributed by atoms with Crippen molar-refractivity contribution in [3.8, 4) is 0 Å². The van der Waals surface area contributed by atoms with Gasteiger partial charge in [0.1, 0.15) is 6.54 Å². The molecule has 37 heavy (non-hydrogen) atoms. The van der Waals surface area contributed by atoms with Crippen LogP contribution in [0.3, 0.4) is 0 Å². The highest BCUT2D eigenvalue weighted by molar-refractivity contribution is 8.14. The Hall–Kier alpha value is -0.540. The fourth-order valence-corrected chi connectivity index (χ4v) is 6.87. The monoisotopic (exact) mass is 606 g/mol. The van der Waals surface area contributed by atoms with Gasteiger partial charge in [0.25, 0.3) is 0 Å². The Bertz CT molecular complexity index is 860. The summed E-state index contributed by atoms with van der Waals surface area (Å²) in [7, 11) is -13.4. The molecule has 0 aromatic rings. The zero-order valence-corrected chi connectivity index (χ0v) is 24.3. The van der Waals surface area contributed by atoms with Gasteiger partial charge in [0.2, 0.25) is 5.04 Å². The van der Waals surface area contributed by atoms with Crippen molar-refractivity contribution in [1.82, 2.24) is 0 Å². The van der Waals surface area contributed by atoms with Crippen molar-refractivity contribution in [3.05, 3.63) is 4.13 Å². The van der Waals surface area contributed by atoms with E-state index in [1.807, 2.05) is 0 Å². The predicted octanol–water partition coefficient (Wildman–Crippen LogP) is 7.56. The van der Waals surface area contributed by atoms with Gasteiger partial charge in [0.15, 0.2) is 26.1 Å². The smallest absolute Gasteiger partial charge is 0.421 e.